The van der Waals surface area contributed by atoms with Crippen LogP contribution in [0.2, 0.25) is 0 Å². The van der Waals surface area contributed by atoms with Gasteiger partial charge in [0, 0.05) is 12.6 Å². The van der Waals surface area contributed by atoms with Crippen LogP contribution in [-0.2, 0) is 16.0 Å². The fourth-order valence-corrected chi connectivity index (χ4v) is 3.19. The van der Waals surface area contributed by atoms with Crippen LogP contribution in [-0.4, -0.2) is 37.1 Å². The molecule has 1 aromatic carbocycles. The number of nitrogens with zero attached hydrogens (tertiary/aromatic N) is 1. The fourth-order valence-electron chi connectivity index (χ4n) is 3.19. The molecule has 110 valence electrons. The lowest BCUT2D eigenvalue weighted by Crippen LogP contribution is -2.51. The van der Waals surface area contributed by atoms with Crippen LogP contribution < -0.4 is 0 Å². The van der Waals surface area contributed by atoms with Crippen molar-refractivity contribution in [2.45, 2.75) is 39.2 Å². The van der Waals surface area contributed by atoms with Crippen LogP contribution in [0.5, 0.6) is 0 Å². The molecular formula is C17H25NO2. The molecule has 1 atom stereocenters. The van der Waals surface area contributed by atoms with Crippen molar-refractivity contribution < 1.29 is 9.53 Å². The van der Waals surface area contributed by atoms with E-state index < -0.39 is 5.41 Å². The number of piperidine rings is 1. The number of hydrogen-bond acceptors (Lipinski definition) is 3. The fraction of sp³-hybridized carbons (Fsp3) is 0.588. The Morgan fingerprint density at radius 1 is 1.35 bits per heavy atom. The Kier molecular flexibility index (Phi) is 4.81. The molecule has 0 saturated carbocycles. The summed E-state index contributed by atoms with van der Waals surface area (Å²) in [6.45, 7) is 6.25. The van der Waals surface area contributed by atoms with Crippen molar-refractivity contribution in [3.63, 3.8) is 0 Å². The zero-order valence-electron chi connectivity index (χ0n) is 12.8. The summed E-state index contributed by atoms with van der Waals surface area (Å²) in [5.74, 6) is -0.0632. The van der Waals surface area contributed by atoms with Crippen LogP contribution in [0, 0.1) is 5.41 Å². The van der Waals surface area contributed by atoms with Crippen molar-refractivity contribution >= 4 is 5.97 Å². The Morgan fingerprint density at radius 3 is 2.65 bits per heavy atom. The van der Waals surface area contributed by atoms with E-state index in [0.29, 0.717) is 6.04 Å². The molecule has 0 radical (unpaired) electrons. The summed E-state index contributed by atoms with van der Waals surface area (Å²) in [7, 11) is 1.50. The number of benzene rings is 1. The Hall–Kier alpha value is -1.35. The molecule has 3 nitrogen and oxygen atoms in total. The van der Waals surface area contributed by atoms with E-state index in [0.717, 1.165) is 32.4 Å². The van der Waals surface area contributed by atoms with Crippen LogP contribution in [0.3, 0.4) is 0 Å². The zero-order chi connectivity index (χ0) is 14.6. The van der Waals surface area contributed by atoms with E-state index >= 15 is 0 Å². The molecule has 1 unspecified atom stereocenters. The van der Waals surface area contributed by atoms with Gasteiger partial charge < -0.3 is 4.74 Å². The predicted octanol–water partition coefficient (Wildman–Crippen LogP) is 2.89. The van der Waals surface area contributed by atoms with E-state index in [1.165, 1.54) is 12.7 Å². The summed E-state index contributed by atoms with van der Waals surface area (Å²) in [6.07, 6.45) is 2.74. The van der Waals surface area contributed by atoms with Gasteiger partial charge in [-0.2, -0.15) is 0 Å². The first-order valence-corrected chi connectivity index (χ1v) is 7.44. The molecule has 0 aromatic heterocycles. The second-order valence-corrected chi connectivity index (χ2v) is 6.10. The molecule has 1 aromatic rings. The Morgan fingerprint density at radius 2 is 2.05 bits per heavy atom. The van der Waals surface area contributed by atoms with E-state index in [-0.39, 0.29) is 5.97 Å². The molecular weight excluding hydrogens is 250 g/mol. The van der Waals surface area contributed by atoms with Gasteiger partial charge >= 0.3 is 5.97 Å². The number of ether oxygens (including phenoxy) is 1. The second kappa shape index (κ2) is 6.40. The number of carbonyl (C=O) groups is 1. The first kappa shape index (κ1) is 15.0. The van der Waals surface area contributed by atoms with Gasteiger partial charge in [-0.25, -0.2) is 0 Å². The molecule has 1 fully saturated rings. The number of esters is 1. The average Bonchev–Trinajstić information content (AvgIpc) is 2.47. The number of rotatable bonds is 4. The van der Waals surface area contributed by atoms with Crippen molar-refractivity contribution in [2.75, 3.05) is 20.2 Å². The first-order valence-electron chi connectivity index (χ1n) is 7.44. The van der Waals surface area contributed by atoms with Crippen LogP contribution >= 0.6 is 0 Å². The molecule has 20 heavy (non-hydrogen) atoms. The van der Waals surface area contributed by atoms with Crippen molar-refractivity contribution in [3.8, 4) is 0 Å². The molecule has 1 aliphatic rings. The van der Waals surface area contributed by atoms with Crippen LogP contribution in [0.15, 0.2) is 30.3 Å². The first-order chi connectivity index (χ1) is 9.57. The molecule has 0 amide bonds. The SMILES string of the molecule is COC(=O)C1(Cc2ccccc2)CCCN(C(C)C)C1. The van der Waals surface area contributed by atoms with Crippen molar-refractivity contribution in [3.05, 3.63) is 35.9 Å². The van der Waals surface area contributed by atoms with Gasteiger partial charge in [-0.15, -0.1) is 0 Å². The molecule has 1 aliphatic heterocycles. The van der Waals surface area contributed by atoms with Crippen molar-refractivity contribution in [1.82, 2.24) is 4.90 Å². The molecule has 3 heteroatoms. The van der Waals surface area contributed by atoms with E-state index in [1.807, 2.05) is 18.2 Å². The minimum absolute atomic E-state index is 0.0632. The summed E-state index contributed by atoms with van der Waals surface area (Å²) in [4.78, 5) is 14.8. The highest BCUT2D eigenvalue weighted by atomic mass is 16.5. The quantitative estimate of drug-likeness (QED) is 0.791. The van der Waals surface area contributed by atoms with Gasteiger partial charge in [-0.05, 0) is 45.2 Å². The third-order valence-corrected chi connectivity index (χ3v) is 4.34. The minimum Gasteiger partial charge on any atom is -0.469 e. The molecule has 0 aliphatic carbocycles. The van der Waals surface area contributed by atoms with Gasteiger partial charge in [0.2, 0.25) is 0 Å². The summed E-state index contributed by atoms with van der Waals surface area (Å²) in [5, 5.41) is 0. The third kappa shape index (κ3) is 3.21. The van der Waals surface area contributed by atoms with Crippen LogP contribution in [0.25, 0.3) is 0 Å². The highest BCUT2D eigenvalue weighted by molar-refractivity contribution is 5.77. The van der Waals surface area contributed by atoms with Crippen LogP contribution in [0.4, 0.5) is 0 Å². The highest BCUT2D eigenvalue weighted by Gasteiger charge is 2.43. The maximum atomic E-state index is 12.4. The molecule has 0 N–H and O–H groups in total. The summed E-state index contributed by atoms with van der Waals surface area (Å²) >= 11 is 0. The van der Waals surface area contributed by atoms with E-state index in [9.17, 15) is 4.79 Å². The Bertz CT molecular complexity index is 444. The number of likely N-dealkylation sites (tertiary alicyclic amines) is 1. The summed E-state index contributed by atoms with van der Waals surface area (Å²) in [6, 6.07) is 10.7. The average molecular weight is 275 g/mol. The lowest BCUT2D eigenvalue weighted by molar-refractivity contribution is -0.157. The minimum atomic E-state index is -0.390. The van der Waals surface area contributed by atoms with E-state index in [1.54, 1.807) is 0 Å². The lowest BCUT2D eigenvalue weighted by atomic mass is 9.74. The monoisotopic (exact) mass is 275 g/mol. The standard InChI is InChI=1S/C17H25NO2/c1-14(2)18-11-7-10-17(13-18,16(19)20-3)12-15-8-5-4-6-9-15/h4-6,8-9,14H,7,10-13H2,1-3H3. The van der Waals surface area contributed by atoms with Gasteiger partial charge in [-0.3, -0.25) is 9.69 Å². The number of hydrogen-bond donors (Lipinski definition) is 0. The van der Waals surface area contributed by atoms with Crippen molar-refractivity contribution in [1.29, 1.82) is 0 Å². The van der Waals surface area contributed by atoms with Gasteiger partial charge in [0.15, 0.2) is 0 Å². The number of carbonyl (C=O) groups excluding carboxylic acids is 1. The molecule has 0 bridgehead atoms. The van der Waals surface area contributed by atoms with Crippen LogP contribution in [0.1, 0.15) is 32.3 Å². The maximum Gasteiger partial charge on any atom is 0.313 e. The Labute approximate surface area is 121 Å². The smallest absolute Gasteiger partial charge is 0.313 e. The Balaban J connectivity index is 2.24. The molecule has 1 heterocycles. The van der Waals surface area contributed by atoms with Gasteiger partial charge in [0.05, 0.1) is 12.5 Å². The zero-order valence-corrected chi connectivity index (χ0v) is 12.8. The predicted molar refractivity (Wildman–Crippen MR) is 80.5 cm³/mol. The molecule has 1 saturated heterocycles. The van der Waals surface area contributed by atoms with Gasteiger partial charge in [0.1, 0.15) is 0 Å². The molecule has 2 rings (SSSR count). The molecule has 0 spiro atoms. The van der Waals surface area contributed by atoms with E-state index in [4.69, 9.17) is 4.74 Å². The topological polar surface area (TPSA) is 29.5 Å². The normalized spacial score (nSPS) is 23.8. The maximum absolute atomic E-state index is 12.4. The largest absolute Gasteiger partial charge is 0.469 e. The highest BCUT2D eigenvalue weighted by Crippen LogP contribution is 2.35. The summed E-state index contributed by atoms with van der Waals surface area (Å²) in [5.41, 5.74) is 0.821. The van der Waals surface area contributed by atoms with Gasteiger partial charge in [-0.1, -0.05) is 30.3 Å². The van der Waals surface area contributed by atoms with Gasteiger partial charge in [0.25, 0.3) is 0 Å². The van der Waals surface area contributed by atoms with Crippen molar-refractivity contribution in [2.24, 2.45) is 5.41 Å². The van der Waals surface area contributed by atoms with E-state index in [2.05, 4.69) is 30.9 Å². The summed E-state index contributed by atoms with van der Waals surface area (Å²) < 4.78 is 5.13. The third-order valence-electron chi connectivity index (χ3n) is 4.34. The number of methoxy groups -OCH3 is 1. The lowest BCUT2D eigenvalue weighted by Gasteiger charge is -2.42. The second-order valence-electron chi connectivity index (χ2n) is 6.10.